The molecule has 0 fully saturated rings. The van der Waals surface area contributed by atoms with Crippen LogP contribution in [0.2, 0.25) is 0 Å². The van der Waals surface area contributed by atoms with Gasteiger partial charge in [-0.3, -0.25) is 0 Å². The number of unbranched alkanes of at least 4 members (excludes halogenated alkanes) is 1. The Bertz CT molecular complexity index is 104. The van der Waals surface area contributed by atoms with E-state index >= 15 is 0 Å². The van der Waals surface area contributed by atoms with Crippen molar-refractivity contribution in [1.82, 2.24) is 4.90 Å². The van der Waals surface area contributed by atoms with Gasteiger partial charge in [0.05, 0.1) is 0 Å². The van der Waals surface area contributed by atoms with Gasteiger partial charge in [-0.2, -0.15) is 0 Å². The van der Waals surface area contributed by atoms with E-state index in [4.69, 9.17) is 5.73 Å². The Kier molecular flexibility index (Phi) is 8.46. The van der Waals surface area contributed by atoms with Crippen molar-refractivity contribution in [3.63, 3.8) is 0 Å². The molecule has 2 nitrogen and oxygen atoms in total. The third-order valence-electron chi connectivity index (χ3n) is 2.70. The Hall–Kier alpha value is -0.0800. The monoisotopic (exact) mass is 186 g/mol. The molecule has 0 aromatic heterocycles. The van der Waals surface area contributed by atoms with Gasteiger partial charge >= 0.3 is 0 Å². The predicted octanol–water partition coefficient (Wildman–Crippen LogP) is 2.24. The first-order valence-electron chi connectivity index (χ1n) is 5.66. The van der Waals surface area contributed by atoms with Gasteiger partial charge in [-0.1, -0.05) is 26.7 Å². The molecule has 2 N–H and O–H groups in total. The van der Waals surface area contributed by atoms with Crippen LogP contribution in [0.15, 0.2) is 0 Å². The quantitative estimate of drug-likeness (QED) is 0.630. The van der Waals surface area contributed by atoms with Crippen molar-refractivity contribution in [2.45, 2.75) is 52.0 Å². The molecule has 0 aliphatic carbocycles. The number of rotatable bonds is 8. The first-order chi connectivity index (χ1) is 6.26. The van der Waals surface area contributed by atoms with Gasteiger partial charge in [-0.25, -0.2) is 0 Å². The van der Waals surface area contributed by atoms with Gasteiger partial charge in [0.15, 0.2) is 0 Å². The fourth-order valence-electron chi connectivity index (χ4n) is 1.70. The molecule has 80 valence electrons. The topological polar surface area (TPSA) is 29.3 Å². The van der Waals surface area contributed by atoms with Crippen molar-refractivity contribution in [1.29, 1.82) is 0 Å². The first kappa shape index (κ1) is 12.9. The highest BCUT2D eigenvalue weighted by Crippen LogP contribution is 2.10. The van der Waals surface area contributed by atoms with Crippen molar-refractivity contribution >= 4 is 0 Å². The highest BCUT2D eigenvalue weighted by Gasteiger charge is 2.10. The number of hydrogen-bond acceptors (Lipinski definition) is 2. The highest BCUT2D eigenvalue weighted by atomic mass is 15.1. The van der Waals surface area contributed by atoms with Gasteiger partial charge in [-0.05, 0) is 39.4 Å². The lowest BCUT2D eigenvalue weighted by atomic mass is 10.1. The summed E-state index contributed by atoms with van der Waals surface area (Å²) in [4.78, 5) is 2.46. The molecule has 0 heterocycles. The Balaban J connectivity index is 3.63. The molecule has 0 aromatic carbocycles. The molecule has 0 spiro atoms. The second kappa shape index (κ2) is 8.52. The largest absolute Gasteiger partial charge is 0.330 e. The molecule has 0 rings (SSSR count). The molecular formula is C11H26N2. The zero-order chi connectivity index (χ0) is 10.1. The van der Waals surface area contributed by atoms with E-state index in [1.54, 1.807) is 0 Å². The molecule has 0 aromatic rings. The van der Waals surface area contributed by atoms with Gasteiger partial charge < -0.3 is 10.6 Å². The minimum atomic E-state index is 0.770. The number of nitrogens with two attached hydrogens (primary N) is 1. The van der Waals surface area contributed by atoms with Gasteiger partial charge in [0.2, 0.25) is 0 Å². The molecule has 0 radical (unpaired) electrons. The Morgan fingerprint density at radius 2 is 1.92 bits per heavy atom. The van der Waals surface area contributed by atoms with E-state index in [1.807, 2.05) is 0 Å². The molecule has 0 amide bonds. The summed E-state index contributed by atoms with van der Waals surface area (Å²) in [5.74, 6) is 0. The van der Waals surface area contributed by atoms with Crippen molar-refractivity contribution in [3.8, 4) is 0 Å². The fraction of sp³-hybridized carbons (Fsp3) is 1.00. The van der Waals surface area contributed by atoms with Crippen LogP contribution in [0, 0.1) is 0 Å². The lowest BCUT2D eigenvalue weighted by molar-refractivity contribution is 0.219. The van der Waals surface area contributed by atoms with Gasteiger partial charge in [0.1, 0.15) is 0 Å². The minimum Gasteiger partial charge on any atom is -0.330 e. The average molecular weight is 186 g/mol. The zero-order valence-corrected chi connectivity index (χ0v) is 9.55. The van der Waals surface area contributed by atoms with Crippen LogP contribution >= 0.6 is 0 Å². The molecule has 0 aliphatic rings. The summed E-state index contributed by atoms with van der Waals surface area (Å²) in [6, 6.07) is 0.770. The average Bonchev–Trinajstić information content (AvgIpc) is 2.16. The van der Waals surface area contributed by atoms with Gasteiger partial charge in [0, 0.05) is 6.04 Å². The second-order valence-electron chi connectivity index (χ2n) is 3.83. The molecular weight excluding hydrogens is 160 g/mol. The summed E-state index contributed by atoms with van der Waals surface area (Å²) in [6.07, 6.45) is 6.39. The van der Waals surface area contributed by atoms with Crippen molar-refractivity contribution in [3.05, 3.63) is 0 Å². The summed E-state index contributed by atoms with van der Waals surface area (Å²) in [6.45, 7) is 6.50. The molecule has 0 saturated carbocycles. The second-order valence-corrected chi connectivity index (χ2v) is 3.83. The summed E-state index contributed by atoms with van der Waals surface area (Å²) in [5, 5.41) is 0. The van der Waals surface area contributed by atoms with Crippen LogP contribution in [0.4, 0.5) is 0 Å². The molecule has 1 unspecified atom stereocenters. The van der Waals surface area contributed by atoms with E-state index in [2.05, 4.69) is 25.8 Å². The Morgan fingerprint density at radius 1 is 1.23 bits per heavy atom. The maximum Gasteiger partial charge on any atom is 0.00895 e. The van der Waals surface area contributed by atoms with Crippen LogP contribution in [0.1, 0.15) is 46.0 Å². The smallest absolute Gasteiger partial charge is 0.00895 e. The third kappa shape index (κ3) is 6.05. The lowest BCUT2D eigenvalue weighted by Gasteiger charge is -2.26. The zero-order valence-electron chi connectivity index (χ0n) is 9.55. The molecule has 13 heavy (non-hydrogen) atoms. The van der Waals surface area contributed by atoms with Crippen molar-refractivity contribution in [2.75, 3.05) is 20.1 Å². The van der Waals surface area contributed by atoms with Crippen LogP contribution in [0.5, 0.6) is 0 Å². The van der Waals surface area contributed by atoms with Crippen LogP contribution in [0.25, 0.3) is 0 Å². The first-order valence-corrected chi connectivity index (χ1v) is 5.66. The predicted molar refractivity (Wildman–Crippen MR) is 59.9 cm³/mol. The molecule has 1 atom stereocenters. The normalized spacial score (nSPS) is 13.6. The van der Waals surface area contributed by atoms with E-state index in [0.29, 0.717) is 0 Å². The lowest BCUT2D eigenvalue weighted by Crippen LogP contribution is -2.32. The summed E-state index contributed by atoms with van der Waals surface area (Å²) in [5.41, 5.74) is 5.49. The van der Waals surface area contributed by atoms with Crippen LogP contribution in [0.3, 0.4) is 0 Å². The maximum atomic E-state index is 5.49. The van der Waals surface area contributed by atoms with Gasteiger partial charge in [-0.15, -0.1) is 0 Å². The maximum absolute atomic E-state index is 5.49. The summed E-state index contributed by atoms with van der Waals surface area (Å²) in [7, 11) is 2.22. The Morgan fingerprint density at radius 3 is 2.38 bits per heavy atom. The molecule has 2 heteroatoms. The summed E-state index contributed by atoms with van der Waals surface area (Å²) >= 11 is 0. The van der Waals surface area contributed by atoms with E-state index in [9.17, 15) is 0 Å². The SMILES string of the molecule is CCCCC(CC)N(C)CCCN. The minimum absolute atomic E-state index is 0.770. The van der Waals surface area contributed by atoms with Crippen molar-refractivity contribution in [2.24, 2.45) is 5.73 Å². The van der Waals surface area contributed by atoms with Crippen molar-refractivity contribution < 1.29 is 0 Å². The molecule has 0 aliphatic heterocycles. The highest BCUT2D eigenvalue weighted by molar-refractivity contribution is 4.66. The van der Waals surface area contributed by atoms with Gasteiger partial charge in [0.25, 0.3) is 0 Å². The van der Waals surface area contributed by atoms with Crippen LogP contribution < -0.4 is 5.73 Å². The van der Waals surface area contributed by atoms with Crippen LogP contribution in [-0.4, -0.2) is 31.1 Å². The standard InChI is InChI=1S/C11H26N2/c1-4-6-8-11(5-2)13(3)10-7-9-12/h11H,4-10,12H2,1-3H3. The number of hydrogen-bond donors (Lipinski definition) is 1. The molecule has 0 bridgehead atoms. The molecule has 0 saturated heterocycles. The van der Waals surface area contributed by atoms with E-state index in [1.165, 1.54) is 25.7 Å². The summed E-state index contributed by atoms with van der Waals surface area (Å²) < 4.78 is 0. The number of nitrogens with zero attached hydrogens (tertiary/aromatic N) is 1. The van der Waals surface area contributed by atoms with E-state index < -0.39 is 0 Å². The third-order valence-corrected chi connectivity index (χ3v) is 2.70. The van der Waals surface area contributed by atoms with E-state index in [0.717, 1.165) is 25.6 Å². The van der Waals surface area contributed by atoms with E-state index in [-0.39, 0.29) is 0 Å². The Labute approximate surface area is 83.5 Å². The van der Waals surface area contributed by atoms with Crippen LogP contribution in [-0.2, 0) is 0 Å². The fourth-order valence-corrected chi connectivity index (χ4v) is 1.70.